The minimum Gasteiger partial charge on any atom is -0.497 e. The molecule has 0 aromatic heterocycles. The summed E-state index contributed by atoms with van der Waals surface area (Å²) >= 11 is 0. The molecule has 2 fully saturated rings. The molecule has 0 radical (unpaired) electrons. The second-order valence-electron chi connectivity index (χ2n) is 7.52. The van der Waals surface area contributed by atoms with Gasteiger partial charge in [0.2, 0.25) is 5.91 Å². The Kier molecular flexibility index (Phi) is 7.74. The summed E-state index contributed by atoms with van der Waals surface area (Å²) in [6, 6.07) is 8.28. The first-order chi connectivity index (χ1) is 12.1. The van der Waals surface area contributed by atoms with Crippen molar-refractivity contribution >= 4 is 18.3 Å². The van der Waals surface area contributed by atoms with Crippen LogP contribution in [0.25, 0.3) is 0 Å². The van der Waals surface area contributed by atoms with E-state index in [2.05, 4.69) is 5.32 Å². The number of benzene rings is 1. The molecule has 3 atom stereocenters. The normalized spacial score (nSPS) is 28.6. The maximum Gasteiger partial charge on any atom is 0.249 e. The van der Waals surface area contributed by atoms with Crippen molar-refractivity contribution in [2.75, 3.05) is 7.11 Å². The second-order valence-corrected chi connectivity index (χ2v) is 7.52. The first-order valence-electron chi connectivity index (χ1n) is 9.37. The highest BCUT2D eigenvalue weighted by Crippen LogP contribution is 2.39. The van der Waals surface area contributed by atoms with Crippen molar-refractivity contribution in [1.29, 1.82) is 0 Å². The zero-order valence-electron chi connectivity index (χ0n) is 15.6. The number of carbonyl (C=O) groups is 1. The van der Waals surface area contributed by atoms with Crippen molar-refractivity contribution in [3.63, 3.8) is 0 Å². The largest absolute Gasteiger partial charge is 0.497 e. The van der Waals surface area contributed by atoms with E-state index in [1.165, 1.54) is 19.3 Å². The molecule has 0 spiro atoms. The summed E-state index contributed by atoms with van der Waals surface area (Å²) in [4.78, 5) is 12.6. The Morgan fingerprint density at radius 2 is 2.00 bits per heavy atom. The molecule has 3 unspecified atom stereocenters. The Morgan fingerprint density at radius 1 is 1.31 bits per heavy atom. The minimum absolute atomic E-state index is 0. The van der Waals surface area contributed by atoms with Gasteiger partial charge in [0.1, 0.15) is 11.9 Å². The molecular formula is C20H31ClN2O3. The monoisotopic (exact) mass is 382 g/mol. The van der Waals surface area contributed by atoms with Gasteiger partial charge in [0.15, 0.2) is 0 Å². The molecule has 146 valence electrons. The molecule has 1 aromatic rings. The van der Waals surface area contributed by atoms with Crippen molar-refractivity contribution in [2.45, 2.75) is 63.8 Å². The van der Waals surface area contributed by atoms with Crippen LogP contribution < -0.4 is 15.8 Å². The molecule has 1 amide bonds. The third kappa shape index (κ3) is 5.12. The van der Waals surface area contributed by atoms with E-state index in [-0.39, 0.29) is 24.4 Å². The van der Waals surface area contributed by atoms with Gasteiger partial charge in [-0.25, -0.2) is 0 Å². The van der Waals surface area contributed by atoms with Crippen molar-refractivity contribution in [3.05, 3.63) is 29.8 Å². The lowest BCUT2D eigenvalue weighted by Crippen LogP contribution is -2.55. The number of carbonyl (C=O) groups excluding carboxylic acids is 1. The molecule has 2 saturated carbocycles. The van der Waals surface area contributed by atoms with Crippen molar-refractivity contribution in [3.8, 4) is 5.75 Å². The Morgan fingerprint density at radius 3 is 2.65 bits per heavy atom. The van der Waals surface area contributed by atoms with Gasteiger partial charge < -0.3 is 20.5 Å². The predicted molar refractivity (Wildman–Crippen MR) is 104 cm³/mol. The minimum atomic E-state index is -0.470. The molecule has 26 heavy (non-hydrogen) atoms. The summed E-state index contributed by atoms with van der Waals surface area (Å²) in [7, 11) is 1.64. The Bertz CT molecular complexity index is 584. The van der Waals surface area contributed by atoms with E-state index in [4.69, 9.17) is 15.2 Å². The van der Waals surface area contributed by atoms with Crippen LogP contribution in [-0.4, -0.2) is 31.2 Å². The third-order valence-corrected chi connectivity index (χ3v) is 5.69. The fraction of sp³-hybridized carbons (Fsp3) is 0.650. The highest BCUT2D eigenvalue weighted by atomic mass is 35.5. The molecule has 3 N–H and O–H groups in total. The molecule has 3 rings (SSSR count). The van der Waals surface area contributed by atoms with Gasteiger partial charge in [-0.2, -0.15) is 0 Å². The zero-order chi connectivity index (χ0) is 17.8. The lowest BCUT2D eigenvalue weighted by atomic mass is 9.67. The first-order valence-corrected chi connectivity index (χ1v) is 9.37. The van der Waals surface area contributed by atoms with Gasteiger partial charge in [-0.3, -0.25) is 4.79 Å². The number of nitrogens with one attached hydrogen (secondary N) is 1. The quantitative estimate of drug-likeness (QED) is 0.793. The van der Waals surface area contributed by atoms with Crippen LogP contribution >= 0.6 is 12.4 Å². The lowest BCUT2D eigenvalue weighted by molar-refractivity contribution is -0.134. The maximum atomic E-state index is 12.6. The van der Waals surface area contributed by atoms with Crippen LogP contribution in [0.15, 0.2) is 24.3 Å². The standard InChI is InChI=1S/C20H30N2O3.ClH/c1-13(25-12-14-5-3-8-18(9-14)24-2)20(23)22-19-15-6-4-7-16(19)11-17(21)10-15;/h3,5,8-9,13,15-17,19H,4,6-7,10-12,21H2,1-2H3,(H,22,23);1H. The Hall–Kier alpha value is -1.30. The number of hydrogen-bond donors (Lipinski definition) is 2. The van der Waals surface area contributed by atoms with Gasteiger partial charge >= 0.3 is 0 Å². The molecule has 1 aromatic carbocycles. The van der Waals surface area contributed by atoms with E-state index in [0.29, 0.717) is 24.5 Å². The average Bonchev–Trinajstić information content (AvgIpc) is 2.60. The smallest absolute Gasteiger partial charge is 0.249 e. The van der Waals surface area contributed by atoms with Crippen LogP contribution in [0.1, 0.15) is 44.6 Å². The summed E-state index contributed by atoms with van der Waals surface area (Å²) in [5, 5.41) is 3.26. The molecular weight excluding hydrogens is 352 g/mol. The number of hydrogen-bond acceptors (Lipinski definition) is 4. The number of amides is 1. The topological polar surface area (TPSA) is 73.6 Å². The van der Waals surface area contributed by atoms with Gasteiger partial charge in [0, 0.05) is 12.1 Å². The highest BCUT2D eigenvalue weighted by Gasteiger charge is 2.40. The van der Waals surface area contributed by atoms with Crippen molar-refractivity contribution in [1.82, 2.24) is 5.32 Å². The van der Waals surface area contributed by atoms with E-state index in [0.717, 1.165) is 24.2 Å². The molecule has 2 aliphatic carbocycles. The molecule has 0 aliphatic heterocycles. The molecule has 5 nitrogen and oxygen atoms in total. The summed E-state index contributed by atoms with van der Waals surface area (Å²) in [5.74, 6) is 1.83. The van der Waals surface area contributed by atoms with Gasteiger partial charge in [0.25, 0.3) is 0 Å². The van der Waals surface area contributed by atoms with Crippen molar-refractivity contribution < 1.29 is 14.3 Å². The molecule has 2 bridgehead atoms. The predicted octanol–water partition coefficient (Wildman–Crippen LogP) is 3.04. The SMILES string of the molecule is COc1cccc(COC(C)C(=O)NC2C3CCCC2CC(N)C3)c1.Cl. The molecule has 0 saturated heterocycles. The highest BCUT2D eigenvalue weighted by molar-refractivity contribution is 5.85. The number of rotatable bonds is 6. The van der Waals surface area contributed by atoms with E-state index in [9.17, 15) is 4.79 Å². The number of halogens is 1. The van der Waals surface area contributed by atoms with Crippen LogP contribution in [0.5, 0.6) is 5.75 Å². The summed E-state index contributed by atoms with van der Waals surface area (Å²) in [5.41, 5.74) is 7.17. The lowest BCUT2D eigenvalue weighted by Gasteiger charge is -2.45. The maximum absolute atomic E-state index is 12.6. The van der Waals surface area contributed by atoms with Crippen LogP contribution in [-0.2, 0) is 16.1 Å². The summed E-state index contributed by atoms with van der Waals surface area (Å²) in [6.07, 6.45) is 5.20. The van der Waals surface area contributed by atoms with Gasteiger partial charge in [-0.1, -0.05) is 18.6 Å². The van der Waals surface area contributed by atoms with Crippen LogP contribution in [0.2, 0.25) is 0 Å². The average molecular weight is 383 g/mol. The van der Waals surface area contributed by atoms with Gasteiger partial charge in [0.05, 0.1) is 13.7 Å². The number of nitrogens with two attached hydrogens (primary N) is 1. The summed E-state index contributed by atoms with van der Waals surface area (Å²) < 4.78 is 11.0. The fourth-order valence-electron chi connectivity index (χ4n) is 4.37. The van der Waals surface area contributed by atoms with Crippen LogP contribution in [0.4, 0.5) is 0 Å². The molecule has 6 heteroatoms. The number of ether oxygens (including phenoxy) is 2. The van der Waals surface area contributed by atoms with E-state index >= 15 is 0 Å². The fourth-order valence-corrected chi connectivity index (χ4v) is 4.37. The van der Waals surface area contributed by atoms with E-state index in [1.807, 2.05) is 31.2 Å². The van der Waals surface area contributed by atoms with E-state index in [1.54, 1.807) is 7.11 Å². The number of fused-ring (bicyclic) bond motifs is 2. The van der Waals surface area contributed by atoms with E-state index < -0.39 is 6.10 Å². The molecule has 2 aliphatic rings. The second kappa shape index (κ2) is 9.58. The first kappa shape index (κ1) is 21.0. The summed E-state index contributed by atoms with van der Waals surface area (Å²) in [6.45, 7) is 2.22. The Balaban J connectivity index is 0.00000243. The van der Waals surface area contributed by atoms with Crippen LogP contribution in [0, 0.1) is 11.8 Å². The van der Waals surface area contributed by atoms with Gasteiger partial charge in [-0.15, -0.1) is 12.4 Å². The van der Waals surface area contributed by atoms with Gasteiger partial charge in [-0.05, 0) is 62.1 Å². The Labute approximate surface area is 162 Å². The van der Waals surface area contributed by atoms with Crippen LogP contribution in [0.3, 0.4) is 0 Å². The number of methoxy groups -OCH3 is 1. The molecule has 0 heterocycles. The zero-order valence-corrected chi connectivity index (χ0v) is 16.5. The third-order valence-electron chi connectivity index (χ3n) is 5.69. The van der Waals surface area contributed by atoms with Crippen molar-refractivity contribution in [2.24, 2.45) is 17.6 Å².